The van der Waals surface area contributed by atoms with E-state index in [1.807, 2.05) is 6.92 Å². The number of amides is 2. The van der Waals surface area contributed by atoms with Gasteiger partial charge in [-0.15, -0.1) is 11.3 Å². The molecule has 12 heteroatoms. The first kappa shape index (κ1) is 20.8. The van der Waals surface area contributed by atoms with Gasteiger partial charge in [-0.25, -0.2) is 19.2 Å². The first-order valence-corrected chi connectivity index (χ1v) is 10.4. The average molecular weight is 445 g/mol. The van der Waals surface area contributed by atoms with Crippen molar-refractivity contribution in [2.24, 2.45) is 0 Å². The summed E-state index contributed by atoms with van der Waals surface area (Å²) < 4.78 is 14.1. The Hall–Kier alpha value is -3.41. The van der Waals surface area contributed by atoms with Crippen molar-refractivity contribution in [1.82, 2.24) is 30.2 Å². The van der Waals surface area contributed by atoms with Crippen molar-refractivity contribution in [2.75, 3.05) is 18.4 Å². The molecule has 3 N–H and O–H groups in total. The standard InChI is InChI=1S/C19H20FN7O3S/c1-9(11-5-12(20)7-21-6-11)22-18-25-14(15-16(26-18)23-10(2)31-15)17(28)27-4-3-13(8-27)24-19(29)30/h5-7,9,13,24H,3-4,8H2,1-2H3,(H,29,30)(H,22,25,26)/t9-,13-/m0/s1. The highest BCUT2D eigenvalue weighted by molar-refractivity contribution is 7.18. The second-order valence-corrected chi connectivity index (χ2v) is 8.47. The summed E-state index contributed by atoms with van der Waals surface area (Å²) in [6.07, 6.45) is 2.07. The number of carbonyl (C=O) groups excluding carboxylic acids is 1. The number of hydrogen-bond acceptors (Lipinski definition) is 8. The van der Waals surface area contributed by atoms with E-state index in [0.717, 1.165) is 11.2 Å². The van der Waals surface area contributed by atoms with Gasteiger partial charge in [-0.3, -0.25) is 9.78 Å². The maximum Gasteiger partial charge on any atom is 0.404 e. The van der Waals surface area contributed by atoms with E-state index in [2.05, 4.69) is 30.6 Å². The Morgan fingerprint density at radius 3 is 2.87 bits per heavy atom. The summed E-state index contributed by atoms with van der Waals surface area (Å²) >= 11 is 1.32. The monoisotopic (exact) mass is 445 g/mol. The molecule has 2 amide bonds. The van der Waals surface area contributed by atoms with E-state index in [4.69, 9.17) is 5.11 Å². The molecule has 0 saturated carbocycles. The number of aryl methyl sites for hydroxylation is 1. The number of hydrogen-bond donors (Lipinski definition) is 3. The van der Waals surface area contributed by atoms with Crippen LogP contribution in [0.1, 0.15) is 40.4 Å². The van der Waals surface area contributed by atoms with Gasteiger partial charge in [0.05, 0.1) is 23.3 Å². The fourth-order valence-corrected chi connectivity index (χ4v) is 4.31. The summed E-state index contributed by atoms with van der Waals surface area (Å²) in [6.45, 7) is 4.31. The molecule has 1 aliphatic rings. The summed E-state index contributed by atoms with van der Waals surface area (Å²) in [5.74, 6) is -0.571. The molecule has 0 radical (unpaired) electrons. The third-order valence-electron chi connectivity index (χ3n) is 4.94. The lowest BCUT2D eigenvalue weighted by atomic mass is 10.1. The molecule has 0 unspecified atom stereocenters. The molecule has 1 aliphatic heterocycles. The number of likely N-dealkylation sites (tertiary alicyclic amines) is 1. The number of carbonyl (C=O) groups is 2. The molecule has 162 valence electrons. The largest absolute Gasteiger partial charge is 0.465 e. The number of nitrogens with zero attached hydrogens (tertiary/aromatic N) is 5. The zero-order valence-electron chi connectivity index (χ0n) is 16.8. The Balaban J connectivity index is 1.62. The first-order valence-electron chi connectivity index (χ1n) is 9.61. The highest BCUT2D eigenvalue weighted by Gasteiger charge is 2.31. The van der Waals surface area contributed by atoms with Gasteiger partial charge in [0.2, 0.25) is 5.95 Å². The van der Waals surface area contributed by atoms with Crippen molar-refractivity contribution < 1.29 is 19.1 Å². The number of anilines is 1. The number of fused-ring (bicyclic) bond motifs is 1. The minimum atomic E-state index is -1.12. The van der Waals surface area contributed by atoms with E-state index in [-0.39, 0.29) is 36.2 Å². The van der Waals surface area contributed by atoms with Crippen molar-refractivity contribution in [1.29, 1.82) is 0 Å². The zero-order valence-corrected chi connectivity index (χ0v) is 17.6. The summed E-state index contributed by atoms with van der Waals surface area (Å²) in [5.41, 5.74) is 1.21. The lowest BCUT2D eigenvalue weighted by Crippen LogP contribution is -2.37. The van der Waals surface area contributed by atoms with Gasteiger partial charge < -0.3 is 20.6 Å². The molecule has 0 aromatic carbocycles. The maximum atomic E-state index is 13.5. The molecule has 2 atom stereocenters. The number of rotatable bonds is 5. The molecule has 4 heterocycles. The summed E-state index contributed by atoms with van der Waals surface area (Å²) in [4.78, 5) is 42.7. The molecule has 3 aromatic rings. The molecule has 10 nitrogen and oxygen atoms in total. The lowest BCUT2D eigenvalue weighted by Gasteiger charge is -2.18. The van der Waals surface area contributed by atoms with E-state index < -0.39 is 11.9 Å². The van der Waals surface area contributed by atoms with Crippen LogP contribution >= 0.6 is 11.3 Å². The number of aromatic nitrogens is 4. The number of pyridine rings is 1. The molecule has 1 fully saturated rings. The molecule has 31 heavy (non-hydrogen) atoms. The van der Waals surface area contributed by atoms with Crippen LogP contribution in [-0.4, -0.2) is 61.1 Å². The number of nitrogens with one attached hydrogen (secondary N) is 2. The van der Waals surface area contributed by atoms with Gasteiger partial charge in [0.25, 0.3) is 5.91 Å². The molecule has 0 bridgehead atoms. The van der Waals surface area contributed by atoms with E-state index in [0.29, 0.717) is 28.9 Å². The van der Waals surface area contributed by atoms with Crippen LogP contribution in [0.25, 0.3) is 10.3 Å². The molecule has 0 aliphatic carbocycles. The molecule has 3 aromatic heterocycles. The van der Waals surface area contributed by atoms with Crippen LogP contribution in [-0.2, 0) is 0 Å². The van der Waals surface area contributed by atoms with Gasteiger partial charge in [-0.05, 0) is 31.9 Å². The molecular weight excluding hydrogens is 425 g/mol. The van der Waals surface area contributed by atoms with E-state index >= 15 is 0 Å². The Kier molecular flexibility index (Phi) is 5.63. The molecular formula is C19H20FN7O3S. The van der Waals surface area contributed by atoms with Crippen LogP contribution in [0.4, 0.5) is 15.1 Å². The van der Waals surface area contributed by atoms with Crippen molar-refractivity contribution >= 4 is 39.6 Å². The van der Waals surface area contributed by atoms with Crippen molar-refractivity contribution in [3.63, 3.8) is 0 Å². The SMILES string of the molecule is Cc1nc2nc(N[C@@H](C)c3cncc(F)c3)nc(C(=O)N3CC[C@H](NC(=O)O)C3)c2s1. The second-order valence-electron chi connectivity index (χ2n) is 7.27. The molecule has 4 rings (SSSR count). The van der Waals surface area contributed by atoms with Crippen molar-refractivity contribution in [3.8, 4) is 0 Å². The van der Waals surface area contributed by atoms with Crippen LogP contribution in [0.2, 0.25) is 0 Å². The Morgan fingerprint density at radius 2 is 2.13 bits per heavy atom. The second kappa shape index (κ2) is 8.38. The third kappa shape index (κ3) is 4.53. The Labute approximate surface area is 180 Å². The lowest BCUT2D eigenvalue weighted by molar-refractivity contribution is 0.0785. The summed E-state index contributed by atoms with van der Waals surface area (Å²) in [6, 6.07) is 0.682. The Morgan fingerprint density at radius 1 is 1.32 bits per heavy atom. The number of halogens is 1. The fraction of sp³-hybridized carbons (Fsp3) is 0.368. The third-order valence-corrected chi connectivity index (χ3v) is 5.90. The van der Waals surface area contributed by atoms with Gasteiger partial charge in [0.15, 0.2) is 11.3 Å². The van der Waals surface area contributed by atoms with Crippen molar-refractivity contribution in [2.45, 2.75) is 32.4 Å². The summed E-state index contributed by atoms with van der Waals surface area (Å²) in [7, 11) is 0. The predicted octanol–water partition coefficient (Wildman–Crippen LogP) is 2.58. The maximum absolute atomic E-state index is 13.5. The van der Waals surface area contributed by atoms with Gasteiger partial charge in [0, 0.05) is 19.3 Å². The first-order chi connectivity index (χ1) is 14.8. The number of thiazole rings is 1. The van der Waals surface area contributed by atoms with E-state index in [1.165, 1.54) is 23.6 Å². The summed E-state index contributed by atoms with van der Waals surface area (Å²) in [5, 5.41) is 15.1. The van der Waals surface area contributed by atoms with Gasteiger partial charge in [-0.1, -0.05) is 0 Å². The quantitative estimate of drug-likeness (QED) is 0.546. The van der Waals surface area contributed by atoms with Gasteiger partial charge in [-0.2, -0.15) is 4.98 Å². The fourth-order valence-electron chi connectivity index (χ4n) is 3.47. The Bertz CT molecular complexity index is 1150. The van der Waals surface area contributed by atoms with Crippen molar-refractivity contribution in [3.05, 3.63) is 40.5 Å². The van der Waals surface area contributed by atoms with Crippen LogP contribution in [0.3, 0.4) is 0 Å². The van der Waals surface area contributed by atoms with Crippen LogP contribution in [0.15, 0.2) is 18.5 Å². The topological polar surface area (TPSA) is 133 Å². The van der Waals surface area contributed by atoms with Gasteiger partial charge in [0.1, 0.15) is 10.5 Å². The van der Waals surface area contributed by atoms with Crippen LogP contribution in [0.5, 0.6) is 0 Å². The number of carboxylic acid groups (broad SMARTS) is 1. The highest BCUT2D eigenvalue weighted by Crippen LogP contribution is 2.27. The minimum absolute atomic E-state index is 0.192. The normalized spacial score (nSPS) is 17.0. The van der Waals surface area contributed by atoms with Crippen LogP contribution in [0, 0.1) is 12.7 Å². The smallest absolute Gasteiger partial charge is 0.404 e. The molecule has 1 saturated heterocycles. The van der Waals surface area contributed by atoms with Gasteiger partial charge >= 0.3 is 6.09 Å². The molecule has 0 spiro atoms. The minimum Gasteiger partial charge on any atom is -0.465 e. The van der Waals surface area contributed by atoms with Crippen LogP contribution < -0.4 is 10.6 Å². The average Bonchev–Trinajstić information content (AvgIpc) is 3.32. The van der Waals surface area contributed by atoms with E-state index in [1.54, 1.807) is 11.8 Å². The zero-order chi connectivity index (χ0) is 22.1. The predicted molar refractivity (Wildman–Crippen MR) is 112 cm³/mol. The van der Waals surface area contributed by atoms with E-state index in [9.17, 15) is 14.0 Å². The highest BCUT2D eigenvalue weighted by atomic mass is 32.1.